The third-order valence-electron chi connectivity index (χ3n) is 7.44. The van der Waals surface area contributed by atoms with Crippen LogP contribution in [0.15, 0.2) is 6.08 Å². The number of hydrogen-bond donors (Lipinski definition) is 1. The van der Waals surface area contributed by atoms with Gasteiger partial charge in [-0.15, -0.1) is 0 Å². The third-order valence-corrected chi connectivity index (χ3v) is 7.44. The maximum Gasteiger partial charge on any atom is 0.131 e. The normalized spacial score (nSPS) is 19.9. The second kappa shape index (κ2) is 11.4. The summed E-state index contributed by atoms with van der Waals surface area (Å²) in [5.74, 6) is 3.86. The Morgan fingerprint density at radius 1 is 0.806 bits per heavy atom. The minimum absolute atomic E-state index is 0.252. The van der Waals surface area contributed by atoms with E-state index in [4.69, 9.17) is 4.74 Å². The first-order valence-electron chi connectivity index (χ1n) is 12.7. The summed E-state index contributed by atoms with van der Waals surface area (Å²) in [6.07, 6.45) is 16.1. The number of ether oxygens (including phenoxy) is 1. The number of phenolic OH excluding ortho intramolecular Hbond substituents is 1. The van der Waals surface area contributed by atoms with E-state index in [0.29, 0.717) is 5.75 Å². The van der Waals surface area contributed by atoms with Crippen molar-refractivity contribution in [3.05, 3.63) is 28.3 Å². The van der Waals surface area contributed by atoms with E-state index in [1.807, 2.05) is 13.8 Å². The Hall–Kier alpha value is -1.44. The van der Waals surface area contributed by atoms with Gasteiger partial charge in [0.2, 0.25) is 0 Å². The van der Waals surface area contributed by atoms with Gasteiger partial charge in [-0.05, 0) is 75.5 Å². The standard InChI is InChI=1S/C29H48O2/c1-20(2)12-9-13-21(3)14-10-15-22(4)16-11-18-29(8)19-17-26-25(7)27(30)23(5)24(6)28(26)31-29/h17,19-22,30H,9-16,18H2,1-8H3/t21-,22-,29+/m1/s1. The van der Waals surface area contributed by atoms with Crippen molar-refractivity contribution in [1.82, 2.24) is 0 Å². The monoisotopic (exact) mass is 428 g/mol. The Morgan fingerprint density at radius 2 is 1.35 bits per heavy atom. The summed E-state index contributed by atoms with van der Waals surface area (Å²) in [7, 11) is 0. The van der Waals surface area contributed by atoms with Gasteiger partial charge in [0, 0.05) is 11.1 Å². The van der Waals surface area contributed by atoms with Gasteiger partial charge in [-0.3, -0.25) is 0 Å². The summed E-state index contributed by atoms with van der Waals surface area (Å²) in [6, 6.07) is 0. The fraction of sp³-hybridized carbons (Fsp3) is 0.724. The molecule has 0 unspecified atom stereocenters. The molecule has 176 valence electrons. The van der Waals surface area contributed by atoms with Gasteiger partial charge in [-0.25, -0.2) is 0 Å². The molecule has 0 radical (unpaired) electrons. The minimum Gasteiger partial charge on any atom is -0.507 e. The molecule has 1 aromatic carbocycles. The lowest BCUT2D eigenvalue weighted by Gasteiger charge is -2.34. The number of aromatic hydroxyl groups is 1. The second-order valence-corrected chi connectivity index (χ2v) is 11.1. The van der Waals surface area contributed by atoms with Crippen LogP contribution < -0.4 is 4.74 Å². The van der Waals surface area contributed by atoms with Crippen molar-refractivity contribution in [2.24, 2.45) is 17.8 Å². The Kier molecular flexibility index (Phi) is 9.52. The van der Waals surface area contributed by atoms with Gasteiger partial charge in [0.05, 0.1) is 0 Å². The van der Waals surface area contributed by atoms with Crippen LogP contribution >= 0.6 is 0 Å². The Balaban J connectivity index is 1.76. The van der Waals surface area contributed by atoms with Gasteiger partial charge < -0.3 is 9.84 Å². The predicted molar refractivity (Wildman–Crippen MR) is 135 cm³/mol. The lowest BCUT2D eigenvalue weighted by molar-refractivity contribution is 0.121. The summed E-state index contributed by atoms with van der Waals surface area (Å²) in [5.41, 5.74) is 3.70. The summed E-state index contributed by atoms with van der Waals surface area (Å²) in [5, 5.41) is 10.4. The van der Waals surface area contributed by atoms with Crippen molar-refractivity contribution < 1.29 is 9.84 Å². The molecule has 0 saturated heterocycles. The van der Waals surface area contributed by atoms with Crippen LogP contribution in [-0.2, 0) is 0 Å². The van der Waals surface area contributed by atoms with Crippen LogP contribution in [0, 0.1) is 38.5 Å². The van der Waals surface area contributed by atoms with Crippen LogP contribution in [0.1, 0.15) is 115 Å². The Morgan fingerprint density at radius 3 is 1.94 bits per heavy atom. The quantitative estimate of drug-likeness (QED) is 0.360. The molecule has 0 spiro atoms. The molecular formula is C29H48O2. The second-order valence-electron chi connectivity index (χ2n) is 11.1. The van der Waals surface area contributed by atoms with Gasteiger partial charge >= 0.3 is 0 Å². The first kappa shape index (κ1) is 25.8. The molecular weight excluding hydrogens is 380 g/mol. The van der Waals surface area contributed by atoms with E-state index in [-0.39, 0.29) is 5.60 Å². The van der Waals surface area contributed by atoms with Crippen LogP contribution in [0.2, 0.25) is 0 Å². The van der Waals surface area contributed by atoms with E-state index in [1.165, 1.54) is 51.4 Å². The van der Waals surface area contributed by atoms with Crippen molar-refractivity contribution in [2.75, 3.05) is 0 Å². The number of benzene rings is 1. The van der Waals surface area contributed by atoms with Crippen molar-refractivity contribution in [3.8, 4) is 11.5 Å². The number of phenols is 1. The predicted octanol–water partition coefficient (Wildman–Crippen LogP) is 8.92. The van der Waals surface area contributed by atoms with E-state index in [2.05, 4.69) is 53.7 Å². The topological polar surface area (TPSA) is 29.5 Å². The van der Waals surface area contributed by atoms with E-state index in [9.17, 15) is 5.11 Å². The Bertz CT molecular complexity index is 746. The van der Waals surface area contributed by atoms with Crippen LogP contribution in [-0.4, -0.2) is 10.7 Å². The molecule has 2 nitrogen and oxygen atoms in total. The summed E-state index contributed by atoms with van der Waals surface area (Å²) < 4.78 is 6.52. The molecule has 31 heavy (non-hydrogen) atoms. The molecule has 0 saturated carbocycles. The zero-order valence-electron chi connectivity index (χ0n) is 21.6. The average Bonchev–Trinajstić information content (AvgIpc) is 2.70. The smallest absolute Gasteiger partial charge is 0.131 e. The van der Waals surface area contributed by atoms with E-state index in [1.54, 1.807) is 0 Å². The third kappa shape index (κ3) is 7.29. The maximum atomic E-state index is 10.4. The lowest BCUT2D eigenvalue weighted by Crippen LogP contribution is -2.32. The molecule has 2 heteroatoms. The van der Waals surface area contributed by atoms with E-state index in [0.717, 1.165) is 52.2 Å². The van der Waals surface area contributed by atoms with Gasteiger partial charge in [0.25, 0.3) is 0 Å². The van der Waals surface area contributed by atoms with Crippen LogP contribution in [0.3, 0.4) is 0 Å². The summed E-state index contributed by atoms with van der Waals surface area (Å²) in [4.78, 5) is 0. The highest BCUT2D eigenvalue weighted by molar-refractivity contribution is 5.71. The van der Waals surface area contributed by atoms with Crippen molar-refractivity contribution in [2.45, 2.75) is 119 Å². The number of hydrogen-bond acceptors (Lipinski definition) is 2. The highest BCUT2D eigenvalue weighted by atomic mass is 16.5. The fourth-order valence-corrected chi connectivity index (χ4v) is 4.90. The fourth-order valence-electron chi connectivity index (χ4n) is 4.90. The molecule has 0 aromatic heterocycles. The van der Waals surface area contributed by atoms with Gasteiger partial charge in [-0.2, -0.15) is 0 Å². The molecule has 0 amide bonds. The lowest BCUT2D eigenvalue weighted by atomic mass is 9.88. The van der Waals surface area contributed by atoms with Gasteiger partial charge in [0.1, 0.15) is 17.1 Å². The minimum atomic E-state index is -0.252. The van der Waals surface area contributed by atoms with Crippen LogP contribution in [0.4, 0.5) is 0 Å². The van der Waals surface area contributed by atoms with Gasteiger partial charge in [-0.1, -0.05) is 78.7 Å². The molecule has 0 bridgehead atoms. The zero-order chi connectivity index (χ0) is 23.2. The SMILES string of the molecule is Cc1c(C)c2c(c(C)c1O)C=C[C@](C)(CCC[C@H](C)CCC[C@H](C)CCCC(C)C)O2. The maximum absolute atomic E-state index is 10.4. The molecule has 1 aliphatic rings. The van der Waals surface area contributed by atoms with Crippen LogP contribution in [0.25, 0.3) is 6.08 Å². The van der Waals surface area contributed by atoms with E-state index >= 15 is 0 Å². The molecule has 1 aromatic rings. The van der Waals surface area contributed by atoms with Crippen LogP contribution in [0.5, 0.6) is 11.5 Å². The molecule has 0 fully saturated rings. The largest absolute Gasteiger partial charge is 0.507 e. The first-order chi connectivity index (χ1) is 14.5. The first-order valence-corrected chi connectivity index (χ1v) is 12.7. The highest BCUT2D eigenvalue weighted by Gasteiger charge is 2.30. The Labute approximate surface area is 192 Å². The molecule has 2 rings (SSSR count). The number of rotatable bonds is 12. The van der Waals surface area contributed by atoms with Crippen molar-refractivity contribution in [1.29, 1.82) is 0 Å². The molecule has 1 heterocycles. The zero-order valence-corrected chi connectivity index (χ0v) is 21.6. The molecule has 1 N–H and O–H groups in total. The van der Waals surface area contributed by atoms with Crippen molar-refractivity contribution >= 4 is 6.08 Å². The average molecular weight is 429 g/mol. The summed E-state index contributed by atoms with van der Waals surface area (Å²) in [6.45, 7) is 17.7. The number of fused-ring (bicyclic) bond motifs is 1. The molecule has 0 aliphatic carbocycles. The van der Waals surface area contributed by atoms with Crippen molar-refractivity contribution in [3.63, 3.8) is 0 Å². The molecule has 1 aliphatic heterocycles. The molecule has 3 atom stereocenters. The van der Waals surface area contributed by atoms with E-state index < -0.39 is 0 Å². The highest BCUT2D eigenvalue weighted by Crippen LogP contribution is 2.43. The van der Waals surface area contributed by atoms with Gasteiger partial charge in [0.15, 0.2) is 0 Å². The summed E-state index contributed by atoms with van der Waals surface area (Å²) >= 11 is 0.